The van der Waals surface area contributed by atoms with Crippen LogP contribution in [0.4, 0.5) is 10.2 Å². The van der Waals surface area contributed by atoms with Crippen LogP contribution in [0.1, 0.15) is 12.8 Å². The van der Waals surface area contributed by atoms with Crippen molar-refractivity contribution in [3.05, 3.63) is 36.4 Å². The summed E-state index contributed by atoms with van der Waals surface area (Å²) < 4.78 is 21.9. The maximum Gasteiger partial charge on any atom is 0.256 e. The van der Waals surface area contributed by atoms with Gasteiger partial charge in [0.15, 0.2) is 11.6 Å². The van der Waals surface area contributed by atoms with Gasteiger partial charge in [0.1, 0.15) is 6.61 Å². The van der Waals surface area contributed by atoms with E-state index in [0.717, 1.165) is 31.4 Å². The molecule has 1 aliphatic heterocycles. The Morgan fingerprint density at radius 1 is 1.31 bits per heavy atom. The molecule has 0 saturated carbocycles. The molecular weight excluding hydrogens is 422 g/mol. The highest BCUT2D eigenvalue weighted by molar-refractivity contribution is 5.85. The van der Waals surface area contributed by atoms with Gasteiger partial charge in [-0.3, -0.25) is 0 Å². The van der Waals surface area contributed by atoms with Gasteiger partial charge in [-0.25, -0.2) is 9.50 Å². The normalized spacial score (nSPS) is 16.0. The minimum Gasteiger partial charge on any atom is -0.473 e. The summed E-state index contributed by atoms with van der Waals surface area (Å²) in [6, 6.07) is 5.72. The van der Waals surface area contributed by atoms with Crippen molar-refractivity contribution in [3.63, 3.8) is 0 Å². The molecule has 0 aliphatic carbocycles. The summed E-state index contributed by atoms with van der Waals surface area (Å²) in [5, 5.41) is 19.7. The van der Waals surface area contributed by atoms with Gasteiger partial charge in [-0.1, -0.05) is 6.07 Å². The van der Waals surface area contributed by atoms with Gasteiger partial charge in [-0.15, -0.1) is 24.8 Å². The third-order valence-corrected chi connectivity index (χ3v) is 4.46. The van der Waals surface area contributed by atoms with Crippen molar-refractivity contribution < 1.29 is 14.2 Å². The van der Waals surface area contributed by atoms with Crippen molar-refractivity contribution in [1.82, 2.24) is 24.9 Å². The molecule has 158 valence electrons. The fraction of sp³-hybridized carbons (Fsp3) is 0.389. The molecule has 0 spiro atoms. The van der Waals surface area contributed by atoms with Crippen LogP contribution in [0.15, 0.2) is 30.6 Å². The Morgan fingerprint density at radius 2 is 2.17 bits per heavy atom. The molecule has 11 heteroatoms. The molecule has 1 unspecified atom stereocenters. The number of aliphatic hydroxyl groups is 1. The summed E-state index contributed by atoms with van der Waals surface area (Å²) in [6.07, 6.45) is 5.40. The molecule has 8 nitrogen and oxygen atoms in total. The van der Waals surface area contributed by atoms with Gasteiger partial charge in [0, 0.05) is 18.8 Å². The number of hydrogen-bond donors (Lipinski definition) is 3. The molecule has 0 amide bonds. The number of rotatable bonds is 6. The topological polar surface area (TPSA) is 96.6 Å². The molecular formula is C18H23Cl2FN6O2. The summed E-state index contributed by atoms with van der Waals surface area (Å²) >= 11 is 0. The number of hydrogen-bond acceptors (Lipinski definition) is 7. The lowest BCUT2D eigenvalue weighted by atomic mass is 10.1. The van der Waals surface area contributed by atoms with Gasteiger partial charge >= 0.3 is 0 Å². The van der Waals surface area contributed by atoms with E-state index in [4.69, 9.17) is 9.84 Å². The smallest absolute Gasteiger partial charge is 0.256 e. The lowest BCUT2D eigenvalue weighted by Gasteiger charge is -2.24. The SMILES string of the molecule is Cl.Cl.OCCOc1nc(-c2cnn3ccccc23)nc(NC2CCCNC2)c1F. The van der Waals surface area contributed by atoms with Crippen LogP contribution in [-0.4, -0.2) is 57.0 Å². The molecule has 3 aromatic rings. The first-order chi connectivity index (χ1) is 13.3. The minimum absolute atomic E-state index is 0. The van der Waals surface area contributed by atoms with Gasteiger partial charge in [-0.05, 0) is 31.5 Å². The number of aromatic nitrogens is 4. The van der Waals surface area contributed by atoms with Crippen molar-refractivity contribution in [1.29, 1.82) is 0 Å². The van der Waals surface area contributed by atoms with Crippen molar-refractivity contribution in [2.45, 2.75) is 18.9 Å². The van der Waals surface area contributed by atoms with E-state index in [-0.39, 0.29) is 55.8 Å². The van der Waals surface area contributed by atoms with Crippen LogP contribution >= 0.6 is 24.8 Å². The zero-order chi connectivity index (χ0) is 18.6. The molecule has 3 aromatic heterocycles. The number of aliphatic hydroxyl groups excluding tert-OH is 1. The number of fused-ring (bicyclic) bond motifs is 1. The number of pyridine rings is 1. The second-order valence-electron chi connectivity index (χ2n) is 6.36. The molecule has 3 N–H and O–H groups in total. The Balaban J connectivity index is 0.00000150. The lowest BCUT2D eigenvalue weighted by Crippen LogP contribution is -2.38. The van der Waals surface area contributed by atoms with E-state index in [9.17, 15) is 4.39 Å². The highest BCUT2D eigenvalue weighted by Crippen LogP contribution is 2.29. The molecule has 0 aromatic carbocycles. The first-order valence-electron chi connectivity index (χ1n) is 8.97. The van der Waals surface area contributed by atoms with Gasteiger partial charge in [0.05, 0.1) is 23.9 Å². The molecule has 1 fully saturated rings. The quantitative estimate of drug-likeness (QED) is 0.536. The van der Waals surface area contributed by atoms with Crippen molar-refractivity contribution in [2.24, 2.45) is 0 Å². The van der Waals surface area contributed by atoms with Crippen LogP contribution in [0.5, 0.6) is 5.88 Å². The summed E-state index contributed by atoms with van der Waals surface area (Å²) in [5.74, 6) is -0.432. The maximum absolute atomic E-state index is 14.9. The average molecular weight is 445 g/mol. The molecule has 4 rings (SSSR count). The Labute approximate surface area is 179 Å². The standard InChI is InChI=1S/C18H21FN6O2.2ClH/c19-15-17(22-12-4-3-6-20-10-12)23-16(24-18(15)27-9-8-26)13-11-21-25-7-2-1-5-14(13)25;;/h1-2,5,7,11-12,20,26H,3-4,6,8-10H2,(H,22,23,24);2*1H. The van der Waals surface area contributed by atoms with Crippen LogP contribution in [0.25, 0.3) is 16.9 Å². The fourth-order valence-electron chi connectivity index (χ4n) is 3.16. The van der Waals surface area contributed by atoms with Crippen LogP contribution < -0.4 is 15.4 Å². The van der Waals surface area contributed by atoms with Crippen molar-refractivity contribution in [3.8, 4) is 17.3 Å². The molecule has 1 aliphatic rings. The predicted molar refractivity (Wildman–Crippen MR) is 113 cm³/mol. The number of nitrogens with one attached hydrogen (secondary N) is 2. The van der Waals surface area contributed by atoms with E-state index < -0.39 is 5.82 Å². The van der Waals surface area contributed by atoms with Crippen LogP contribution in [-0.2, 0) is 0 Å². The van der Waals surface area contributed by atoms with Crippen molar-refractivity contribution in [2.75, 3.05) is 31.6 Å². The highest BCUT2D eigenvalue weighted by atomic mass is 35.5. The Morgan fingerprint density at radius 3 is 2.93 bits per heavy atom. The number of anilines is 1. The zero-order valence-corrected chi connectivity index (χ0v) is 17.2. The molecule has 4 heterocycles. The summed E-state index contributed by atoms with van der Waals surface area (Å²) in [6.45, 7) is 1.42. The predicted octanol–water partition coefficient (Wildman–Crippen LogP) is 2.31. The van der Waals surface area contributed by atoms with Gasteiger partial charge in [0.2, 0.25) is 5.82 Å². The minimum atomic E-state index is -0.658. The van der Waals surface area contributed by atoms with Gasteiger partial charge in [-0.2, -0.15) is 14.5 Å². The zero-order valence-electron chi connectivity index (χ0n) is 15.5. The van der Waals surface area contributed by atoms with Crippen LogP contribution in [0, 0.1) is 5.82 Å². The van der Waals surface area contributed by atoms with E-state index in [2.05, 4.69) is 25.7 Å². The second kappa shape index (κ2) is 10.5. The van der Waals surface area contributed by atoms with Gasteiger partial charge in [0.25, 0.3) is 5.88 Å². The largest absolute Gasteiger partial charge is 0.473 e. The molecule has 0 bridgehead atoms. The van der Waals surface area contributed by atoms with E-state index in [1.54, 1.807) is 10.7 Å². The first kappa shape index (κ1) is 23.1. The van der Waals surface area contributed by atoms with E-state index in [1.807, 2.05) is 24.4 Å². The third-order valence-electron chi connectivity index (χ3n) is 4.46. The lowest BCUT2D eigenvalue weighted by molar-refractivity contribution is 0.191. The van der Waals surface area contributed by atoms with Crippen LogP contribution in [0.3, 0.4) is 0 Å². The Kier molecular flexibility index (Phi) is 8.39. The third kappa shape index (κ3) is 5.05. The van der Waals surface area contributed by atoms with Gasteiger partial charge < -0.3 is 20.5 Å². The fourth-order valence-corrected chi connectivity index (χ4v) is 3.16. The number of piperidine rings is 1. The number of ether oxygens (including phenoxy) is 1. The first-order valence-corrected chi connectivity index (χ1v) is 8.97. The molecule has 29 heavy (non-hydrogen) atoms. The highest BCUT2D eigenvalue weighted by Gasteiger charge is 2.22. The van der Waals surface area contributed by atoms with Crippen molar-refractivity contribution >= 4 is 36.1 Å². The second-order valence-corrected chi connectivity index (χ2v) is 6.36. The van der Waals surface area contributed by atoms with E-state index in [1.165, 1.54) is 0 Å². The summed E-state index contributed by atoms with van der Waals surface area (Å²) in [7, 11) is 0. The Hall–Kier alpha value is -2.20. The van der Waals surface area contributed by atoms with Crippen LogP contribution in [0.2, 0.25) is 0 Å². The molecule has 0 radical (unpaired) electrons. The maximum atomic E-state index is 14.9. The molecule has 1 atom stereocenters. The average Bonchev–Trinajstić information content (AvgIpc) is 3.13. The number of nitrogens with zero attached hydrogens (tertiary/aromatic N) is 4. The molecule has 1 saturated heterocycles. The van der Waals surface area contributed by atoms with E-state index >= 15 is 0 Å². The Bertz CT molecular complexity index is 936. The monoisotopic (exact) mass is 444 g/mol. The summed E-state index contributed by atoms with van der Waals surface area (Å²) in [4.78, 5) is 8.63. The summed E-state index contributed by atoms with van der Waals surface area (Å²) in [5.41, 5.74) is 1.48. The number of halogens is 3. The van der Waals surface area contributed by atoms with E-state index in [0.29, 0.717) is 11.4 Å².